The van der Waals surface area contributed by atoms with Crippen LogP contribution in [0, 0.1) is 0 Å². The average Bonchev–Trinajstić information content (AvgIpc) is 2.14. The molecule has 0 atom stereocenters. The Bertz CT molecular complexity index is 378. The van der Waals surface area contributed by atoms with Gasteiger partial charge in [0.15, 0.2) is 0 Å². The molecule has 96 valence electrons. The molecule has 0 radical (unpaired) electrons. The summed E-state index contributed by atoms with van der Waals surface area (Å²) in [5.41, 5.74) is 5.53. The molecule has 0 fully saturated rings. The lowest BCUT2D eigenvalue weighted by atomic mass is 10.3. The summed E-state index contributed by atoms with van der Waals surface area (Å²) in [5.74, 6) is 0.849. The van der Waals surface area contributed by atoms with Gasteiger partial charge in [-0.3, -0.25) is 0 Å². The van der Waals surface area contributed by atoms with E-state index < -0.39 is 12.7 Å². The van der Waals surface area contributed by atoms with Gasteiger partial charge in [-0.2, -0.15) is 13.2 Å². The van der Waals surface area contributed by atoms with E-state index in [9.17, 15) is 13.2 Å². The highest BCUT2D eigenvalue weighted by Gasteiger charge is 2.30. The first-order valence-electron chi connectivity index (χ1n) is 5.23. The summed E-state index contributed by atoms with van der Waals surface area (Å²) in [6, 6.07) is 1.34. The number of halogens is 3. The fraction of sp³-hybridized carbons (Fsp3) is 0.600. The van der Waals surface area contributed by atoms with Gasteiger partial charge in [0.1, 0.15) is 24.0 Å². The number of hydrogen-bond acceptors (Lipinski definition) is 4. The molecule has 1 heterocycles. The molecule has 0 saturated heterocycles. The molecule has 7 heteroatoms. The summed E-state index contributed by atoms with van der Waals surface area (Å²) >= 11 is 0. The molecule has 0 saturated carbocycles. The van der Waals surface area contributed by atoms with E-state index in [4.69, 9.17) is 5.73 Å². The van der Waals surface area contributed by atoms with E-state index in [-0.39, 0.29) is 11.6 Å². The number of aromatic nitrogens is 2. The lowest BCUT2D eigenvalue weighted by Crippen LogP contribution is -2.31. The van der Waals surface area contributed by atoms with Gasteiger partial charge in [-0.1, -0.05) is 6.92 Å². The van der Waals surface area contributed by atoms with Crippen LogP contribution < -0.4 is 10.6 Å². The van der Waals surface area contributed by atoms with E-state index in [2.05, 4.69) is 9.97 Å². The molecule has 1 rings (SSSR count). The SMILES string of the molecule is CCCc1nc(N)cc(N(C)CC(F)(F)F)n1. The van der Waals surface area contributed by atoms with Crippen molar-refractivity contribution in [1.29, 1.82) is 0 Å². The third-order valence-corrected chi connectivity index (χ3v) is 2.06. The fourth-order valence-electron chi connectivity index (χ4n) is 1.38. The third-order valence-electron chi connectivity index (χ3n) is 2.06. The maximum atomic E-state index is 12.2. The van der Waals surface area contributed by atoms with Crippen molar-refractivity contribution in [3.8, 4) is 0 Å². The Hall–Kier alpha value is -1.53. The molecule has 0 amide bonds. The van der Waals surface area contributed by atoms with Crippen LogP contribution in [0.5, 0.6) is 0 Å². The standard InChI is InChI=1S/C10H15F3N4/c1-3-4-8-15-7(14)5-9(16-8)17(2)6-10(11,12)13/h5H,3-4,6H2,1-2H3,(H2,14,15,16). The summed E-state index contributed by atoms with van der Waals surface area (Å²) in [6.45, 7) is 0.876. The van der Waals surface area contributed by atoms with Crippen molar-refractivity contribution >= 4 is 11.6 Å². The number of rotatable bonds is 4. The van der Waals surface area contributed by atoms with E-state index in [0.29, 0.717) is 12.2 Å². The quantitative estimate of drug-likeness (QED) is 0.885. The molecule has 0 aliphatic carbocycles. The average molecular weight is 248 g/mol. The first kappa shape index (κ1) is 13.5. The van der Waals surface area contributed by atoms with Crippen molar-refractivity contribution in [2.75, 3.05) is 24.2 Å². The maximum absolute atomic E-state index is 12.2. The van der Waals surface area contributed by atoms with Gasteiger partial charge in [-0.25, -0.2) is 9.97 Å². The van der Waals surface area contributed by atoms with E-state index in [1.807, 2.05) is 6.92 Å². The Morgan fingerprint density at radius 3 is 2.53 bits per heavy atom. The number of alkyl halides is 3. The van der Waals surface area contributed by atoms with Gasteiger partial charge in [0, 0.05) is 19.5 Å². The second-order valence-electron chi connectivity index (χ2n) is 3.79. The van der Waals surface area contributed by atoms with Crippen molar-refractivity contribution in [1.82, 2.24) is 9.97 Å². The summed E-state index contributed by atoms with van der Waals surface area (Å²) in [5, 5.41) is 0. The molecule has 0 aromatic carbocycles. The van der Waals surface area contributed by atoms with Crippen LogP contribution >= 0.6 is 0 Å². The zero-order valence-electron chi connectivity index (χ0n) is 9.75. The van der Waals surface area contributed by atoms with Crippen LogP contribution in [0.3, 0.4) is 0 Å². The minimum Gasteiger partial charge on any atom is -0.384 e. The number of nitrogens with two attached hydrogens (primary N) is 1. The molecule has 17 heavy (non-hydrogen) atoms. The second-order valence-corrected chi connectivity index (χ2v) is 3.79. The van der Waals surface area contributed by atoms with E-state index >= 15 is 0 Å². The number of nitrogen functional groups attached to an aromatic ring is 1. The number of anilines is 2. The van der Waals surface area contributed by atoms with Crippen molar-refractivity contribution in [3.05, 3.63) is 11.9 Å². The van der Waals surface area contributed by atoms with Crippen LogP contribution in [0.25, 0.3) is 0 Å². The summed E-state index contributed by atoms with van der Waals surface area (Å²) in [7, 11) is 1.32. The largest absolute Gasteiger partial charge is 0.405 e. The van der Waals surface area contributed by atoms with Crippen LogP contribution in [-0.4, -0.2) is 29.7 Å². The monoisotopic (exact) mass is 248 g/mol. The van der Waals surface area contributed by atoms with Crippen molar-refractivity contribution in [3.63, 3.8) is 0 Å². The zero-order valence-corrected chi connectivity index (χ0v) is 9.75. The number of hydrogen-bond donors (Lipinski definition) is 1. The minimum atomic E-state index is -4.26. The Morgan fingerprint density at radius 1 is 1.35 bits per heavy atom. The molecule has 0 unspecified atom stereocenters. The Labute approximate surface area is 97.7 Å². The number of nitrogens with zero attached hydrogens (tertiary/aromatic N) is 3. The first-order valence-corrected chi connectivity index (χ1v) is 5.23. The van der Waals surface area contributed by atoms with Crippen molar-refractivity contribution < 1.29 is 13.2 Å². The highest BCUT2D eigenvalue weighted by atomic mass is 19.4. The van der Waals surface area contributed by atoms with Gasteiger partial charge in [-0.05, 0) is 6.42 Å². The van der Waals surface area contributed by atoms with Crippen molar-refractivity contribution in [2.45, 2.75) is 25.9 Å². The Morgan fingerprint density at radius 2 is 2.00 bits per heavy atom. The van der Waals surface area contributed by atoms with Crippen LogP contribution in [-0.2, 0) is 6.42 Å². The smallest absolute Gasteiger partial charge is 0.384 e. The molecule has 0 spiro atoms. The molecule has 0 aliphatic heterocycles. The maximum Gasteiger partial charge on any atom is 0.405 e. The molecule has 4 nitrogen and oxygen atoms in total. The van der Waals surface area contributed by atoms with E-state index in [1.165, 1.54) is 13.1 Å². The lowest BCUT2D eigenvalue weighted by Gasteiger charge is -2.20. The third kappa shape index (κ3) is 4.46. The van der Waals surface area contributed by atoms with Gasteiger partial charge >= 0.3 is 6.18 Å². The molecule has 2 N–H and O–H groups in total. The van der Waals surface area contributed by atoms with Gasteiger partial charge < -0.3 is 10.6 Å². The first-order chi connectivity index (χ1) is 7.81. The van der Waals surface area contributed by atoms with Crippen LogP contribution in [0.4, 0.5) is 24.8 Å². The van der Waals surface area contributed by atoms with Gasteiger partial charge in [-0.15, -0.1) is 0 Å². The predicted octanol–water partition coefficient (Wildman–Crippen LogP) is 2.01. The van der Waals surface area contributed by atoms with Gasteiger partial charge in [0.2, 0.25) is 0 Å². The molecule has 1 aromatic rings. The predicted molar refractivity (Wildman–Crippen MR) is 59.8 cm³/mol. The fourth-order valence-corrected chi connectivity index (χ4v) is 1.38. The molecule has 0 bridgehead atoms. The van der Waals surface area contributed by atoms with Crippen LogP contribution in [0.15, 0.2) is 6.07 Å². The van der Waals surface area contributed by atoms with Gasteiger partial charge in [0.25, 0.3) is 0 Å². The summed E-state index contributed by atoms with van der Waals surface area (Å²) in [4.78, 5) is 9.01. The molecular weight excluding hydrogens is 233 g/mol. The van der Waals surface area contributed by atoms with Crippen LogP contribution in [0.1, 0.15) is 19.2 Å². The molecular formula is C10H15F3N4. The summed E-state index contributed by atoms with van der Waals surface area (Å²) < 4.78 is 36.7. The normalized spacial score (nSPS) is 11.6. The topological polar surface area (TPSA) is 55.0 Å². The Kier molecular flexibility index (Phi) is 4.14. The van der Waals surface area contributed by atoms with E-state index in [1.54, 1.807) is 0 Å². The lowest BCUT2D eigenvalue weighted by molar-refractivity contribution is -0.119. The highest BCUT2D eigenvalue weighted by Crippen LogP contribution is 2.20. The highest BCUT2D eigenvalue weighted by molar-refractivity contribution is 5.46. The zero-order chi connectivity index (χ0) is 13.1. The van der Waals surface area contributed by atoms with Crippen molar-refractivity contribution in [2.24, 2.45) is 0 Å². The van der Waals surface area contributed by atoms with Gasteiger partial charge in [0.05, 0.1) is 0 Å². The summed E-state index contributed by atoms with van der Waals surface area (Å²) in [6.07, 6.45) is -2.86. The number of aryl methyl sites for hydroxylation is 1. The Balaban J connectivity index is 2.89. The minimum absolute atomic E-state index is 0.187. The van der Waals surface area contributed by atoms with Crippen LogP contribution in [0.2, 0.25) is 0 Å². The second kappa shape index (κ2) is 5.20. The molecule has 1 aromatic heterocycles. The molecule has 0 aliphatic rings. The van der Waals surface area contributed by atoms with E-state index in [0.717, 1.165) is 11.3 Å².